The maximum Gasteiger partial charge on any atom is 0.485 e. The Balaban J connectivity index is 0.000000307. The molecule has 1 aromatic rings. The average Bonchev–Trinajstić information content (AvgIpc) is 2.41. The summed E-state index contributed by atoms with van der Waals surface area (Å²) >= 11 is 0. The zero-order valence-corrected chi connectivity index (χ0v) is 14.9. The van der Waals surface area contributed by atoms with Crippen molar-refractivity contribution in [2.24, 2.45) is 0 Å². The van der Waals surface area contributed by atoms with Crippen LogP contribution in [-0.2, 0) is 16.5 Å². The number of quaternary nitrogens is 1. The first-order valence-corrected chi connectivity index (χ1v) is 8.64. The predicted molar refractivity (Wildman–Crippen MR) is 85.0 cm³/mol. The quantitative estimate of drug-likeness (QED) is 0.567. The molecule has 1 heterocycles. The monoisotopic (exact) mass is 365 g/mol. The van der Waals surface area contributed by atoms with E-state index in [9.17, 15) is 13.2 Å². The molecule has 1 aliphatic rings. The number of hydrogen-bond acceptors (Lipinski definition) is 3. The van der Waals surface area contributed by atoms with Gasteiger partial charge in [0.25, 0.3) is 0 Å². The Bertz CT molecular complexity index is 722. The Labute approximate surface area is 140 Å². The Kier molecular flexibility index (Phi) is 5.59. The molecule has 24 heavy (non-hydrogen) atoms. The number of halogens is 3. The molecule has 0 bridgehead atoms. The zero-order chi connectivity index (χ0) is 19.0. The number of hydrogen-bond donors (Lipinski definition) is 1. The van der Waals surface area contributed by atoms with Gasteiger partial charge in [0.05, 0.1) is 5.54 Å². The molecule has 2 N–H and O–H groups in total. The Morgan fingerprint density at radius 3 is 2.08 bits per heavy atom. The van der Waals surface area contributed by atoms with Crippen molar-refractivity contribution in [2.45, 2.75) is 50.7 Å². The molecular weight excluding hydrogens is 343 g/mol. The fraction of sp³-hybridized carbons (Fsp3) is 0.500. The highest BCUT2D eigenvalue weighted by molar-refractivity contribution is 7.86. The fourth-order valence-electron chi connectivity index (χ4n) is 2.92. The largest absolute Gasteiger partial charge is 0.741 e. The van der Waals surface area contributed by atoms with E-state index in [1.54, 1.807) is 0 Å². The van der Waals surface area contributed by atoms with Gasteiger partial charge in [-0.2, -0.15) is 13.2 Å². The minimum absolute atomic E-state index is 0.0795. The molecule has 0 amide bonds. The normalized spacial score (nSPS) is 19.6. The molecule has 1 aromatic carbocycles. The van der Waals surface area contributed by atoms with Gasteiger partial charge >= 0.3 is 5.51 Å². The van der Waals surface area contributed by atoms with Crippen LogP contribution in [-0.4, -0.2) is 29.6 Å². The second kappa shape index (κ2) is 6.50. The summed E-state index contributed by atoms with van der Waals surface area (Å²) in [5.74, 6) is 0. The molecule has 0 spiro atoms. The van der Waals surface area contributed by atoms with Crippen molar-refractivity contribution in [3.05, 3.63) is 42.0 Å². The zero-order valence-electron chi connectivity index (χ0n) is 14.1. The van der Waals surface area contributed by atoms with Gasteiger partial charge in [-0.25, -0.2) is 8.42 Å². The molecule has 1 aliphatic heterocycles. The highest BCUT2D eigenvalue weighted by Crippen LogP contribution is 2.30. The van der Waals surface area contributed by atoms with Crippen LogP contribution in [0.3, 0.4) is 0 Å². The highest BCUT2D eigenvalue weighted by atomic mass is 32.2. The molecule has 2 rings (SSSR count). The summed E-state index contributed by atoms with van der Waals surface area (Å²) in [6.07, 6.45) is 1.10. The summed E-state index contributed by atoms with van der Waals surface area (Å²) in [6.45, 7) is 13.4. The Hall–Kier alpha value is -1.38. The molecule has 0 aliphatic carbocycles. The summed E-state index contributed by atoms with van der Waals surface area (Å²) in [7, 11) is -6.09. The predicted octanol–water partition coefficient (Wildman–Crippen LogP) is 2.43. The molecule has 8 heteroatoms. The van der Waals surface area contributed by atoms with Gasteiger partial charge in [0.2, 0.25) is 0 Å². The van der Waals surface area contributed by atoms with Crippen LogP contribution >= 0.6 is 0 Å². The second-order valence-corrected chi connectivity index (χ2v) is 8.44. The average molecular weight is 365 g/mol. The molecule has 0 aromatic heterocycles. The van der Waals surface area contributed by atoms with E-state index in [0.29, 0.717) is 0 Å². The molecule has 0 unspecified atom stereocenters. The van der Waals surface area contributed by atoms with E-state index in [1.807, 2.05) is 0 Å². The van der Waals surface area contributed by atoms with Crippen LogP contribution in [0.2, 0.25) is 0 Å². The van der Waals surface area contributed by atoms with Crippen molar-refractivity contribution in [3.8, 4) is 0 Å². The Morgan fingerprint density at radius 1 is 1.17 bits per heavy atom. The van der Waals surface area contributed by atoms with Crippen molar-refractivity contribution in [3.63, 3.8) is 0 Å². The van der Waals surface area contributed by atoms with Gasteiger partial charge < -0.3 is 9.87 Å². The number of fused-ring (bicyclic) bond motifs is 1. The number of benzene rings is 1. The smallest absolute Gasteiger partial charge is 0.485 e. The van der Waals surface area contributed by atoms with Crippen molar-refractivity contribution >= 4 is 15.7 Å². The molecule has 0 atom stereocenters. The fourth-order valence-corrected chi connectivity index (χ4v) is 2.92. The lowest BCUT2D eigenvalue weighted by molar-refractivity contribution is -0.764. The molecule has 4 nitrogen and oxygen atoms in total. The number of alkyl halides is 3. The van der Waals surface area contributed by atoms with Crippen LogP contribution in [0.15, 0.2) is 30.8 Å². The standard InChI is InChI=1S/C15H21N.CHF3O3S/c1-11-13-9-7-6-8-12(13)10-14(2,3)16-15(11,4)5;2-1(3,4)8(5,6)7/h6-9,16H,1,10H2,2-5H3;(H,5,6,7). The van der Waals surface area contributed by atoms with Crippen molar-refractivity contribution in [2.75, 3.05) is 0 Å². The van der Waals surface area contributed by atoms with E-state index in [-0.39, 0.29) is 11.1 Å². The van der Waals surface area contributed by atoms with Gasteiger partial charge in [0.15, 0.2) is 10.1 Å². The first-order chi connectivity index (χ1) is 10.6. The van der Waals surface area contributed by atoms with Crippen LogP contribution < -0.4 is 5.32 Å². The summed E-state index contributed by atoms with van der Waals surface area (Å²) in [6, 6.07) is 8.67. The molecule has 0 radical (unpaired) electrons. The summed E-state index contributed by atoms with van der Waals surface area (Å²) < 4.78 is 58.9. The van der Waals surface area contributed by atoms with E-state index >= 15 is 0 Å². The molecule has 136 valence electrons. The van der Waals surface area contributed by atoms with Crippen molar-refractivity contribution in [1.29, 1.82) is 0 Å². The summed E-state index contributed by atoms with van der Waals surface area (Å²) in [4.78, 5) is 0. The maximum atomic E-state index is 10.7. The third-order valence-corrected chi connectivity index (χ3v) is 4.37. The van der Waals surface area contributed by atoms with Crippen LogP contribution in [0.4, 0.5) is 13.2 Å². The molecular formula is C16H22F3NO3S. The topological polar surface area (TPSA) is 73.8 Å². The molecule has 0 saturated heterocycles. The number of rotatable bonds is 0. The van der Waals surface area contributed by atoms with E-state index in [2.05, 4.69) is 63.9 Å². The van der Waals surface area contributed by atoms with Gasteiger partial charge in [-0.15, -0.1) is 0 Å². The third kappa shape index (κ3) is 5.06. The van der Waals surface area contributed by atoms with Gasteiger partial charge in [-0.05, 0) is 38.8 Å². The molecule has 0 fully saturated rings. The minimum Gasteiger partial charge on any atom is -0.741 e. The van der Waals surface area contributed by atoms with Crippen molar-refractivity contribution < 1.29 is 31.5 Å². The SMILES string of the molecule is C=C1c2ccccc2CC(C)(C)[NH2+]C1(C)C.O=S(=O)([O-])C(F)(F)F. The Morgan fingerprint density at radius 2 is 1.62 bits per heavy atom. The lowest BCUT2D eigenvalue weighted by Crippen LogP contribution is -3.03. The van der Waals surface area contributed by atoms with E-state index in [4.69, 9.17) is 13.0 Å². The summed E-state index contributed by atoms with van der Waals surface area (Å²) in [5.41, 5.74) is -1.32. The van der Waals surface area contributed by atoms with E-state index in [0.717, 1.165) is 6.42 Å². The van der Waals surface area contributed by atoms with Crippen LogP contribution in [0.25, 0.3) is 5.57 Å². The summed E-state index contributed by atoms with van der Waals surface area (Å²) in [5, 5.41) is 2.45. The molecule has 0 saturated carbocycles. The lowest BCUT2D eigenvalue weighted by Gasteiger charge is -2.31. The van der Waals surface area contributed by atoms with Gasteiger partial charge in [0.1, 0.15) is 5.54 Å². The first kappa shape index (κ1) is 20.7. The van der Waals surface area contributed by atoms with Gasteiger partial charge in [0, 0.05) is 12.0 Å². The number of nitrogens with two attached hydrogens (primary N) is 1. The second-order valence-electron chi connectivity index (χ2n) is 7.07. The van der Waals surface area contributed by atoms with Crippen molar-refractivity contribution in [1.82, 2.24) is 0 Å². The highest BCUT2D eigenvalue weighted by Gasteiger charge is 2.39. The van der Waals surface area contributed by atoms with Crippen LogP contribution in [0.5, 0.6) is 0 Å². The van der Waals surface area contributed by atoms with Crippen LogP contribution in [0, 0.1) is 0 Å². The maximum absolute atomic E-state index is 10.7. The van der Waals surface area contributed by atoms with Gasteiger partial charge in [-0.1, -0.05) is 30.8 Å². The third-order valence-electron chi connectivity index (χ3n) is 3.80. The van der Waals surface area contributed by atoms with E-state index < -0.39 is 15.6 Å². The first-order valence-electron chi connectivity index (χ1n) is 7.24. The lowest BCUT2D eigenvalue weighted by atomic mass is 9.88. The van der Waals surface area contributed by atoms with E-state index in [1.165, 1.54) is 16.7 Å². The van der Waals surface area contributed by atoms with Gasteiger partial charge in [-0.3, -0.25) is 0 Å². The minimum atomic E-state index is -6.09. The van der Waals surface area contributed by atoms with Crippen LogP contribution in [0.1, 0.15) is 38.8 Å².